The number of hydrogen-bond donors (Lipinski definition) is 3. The number of aliphatic hydroxyl groups excluding tert-OH is 1. The van der Waals surface area contributed by atoms with Crippen LogP contribution in [0.4, 0.5) is 0 Å². The number of carbonyl (C=O) groups is 2. The standard InChI is InChI=1S/C17H16N2O4S2/c20-15(13-4-2-8-24-13)14-6-5-12(25-14)10-19-17(22)16(21)18-9-11-3-1-7-23-11/h1-8,15,20H,9-10H2,(H,18,21)(H,19,22). The van der Waals surface area contributed by atoms with Gasteiger partial charge in [-0.15, -0.1) is 22.7 Å². The average molecular weight is 376 g/mol. The lowest BCUT2D eigenvalue weighted by molar-refractivity contribution is -0.139. The van der Waals surface area contributed by atoms with Gasteiger partial charge in [0.1, 0.15) is 11.9 Å². The van der Waals surface area contributed by atoms with E-state index in [9.17, 15) is 14.7 Å². The van der Waals surface area contributed by atoms with Gasteiger partial charge in [-0.2, -0.15) is 0 Å². The molecule has 1 atom stereocenters. The quantitative estimate of drug-likeness (QED) is 0.576. The van der Waals surface area contributed by atoms with Crippen molar-refractivity contribution in [3.63, 3.8) is 0 Å². The van der Waals surface area contributed by atoms with Gasteiger partial charge >= 0.3 is 11.8 Å². The van der Waals surface area contributed by atoms with Gasteiger partial charge in [0, 0.05) is 14.6 Å². The lowest BCUT2D eigenvalue weighted by Gasteiger charge is -2.05. The maximum Gasteiger partial charge on any atom is 0.309 e. The fourth-order valence-electron chi connectivity index (χ4n) is 2.13. The number of carbonyl (C=O) groups excluding carboxylic acids is 2. The first-order valence-corrected chi connectivity index (χ1v) is 9.21. The summed E-state index contributed by atoms with van der Waals surface area (Å²) in [6.45, 7) is 0.393. The van der Waals surface area contributed by atoms with E-state index in [4.69, 9.17) is 4.42 Å². The lowest BCUT2D eigenvalue weighted by Crippen LogP contribution is -2.39. The highest BCUT2D eigenvalue weighted by atomic mass is 32.1. The number of nitrogens with one attached hydrogen (secondary N) is 2. The predicted molar refractivity (Wildman–Crippen MR) is 95.1 cm³/mol. The summed E-state index contributed by atoms with van der Waals surface area (Å²) in [5.74, 6) is -0.848. The van der Waals surface area contributed by atoms with E-state index in [0.29, 0.717) is 5.76 Å². The minimum absolute atomic E-state index is 0.162. The Hall–Kier alpha value is -2.42. The zero-order chi connectivity index (χ0) is 17.6. The fraction of sp³-hybridized carbons (Fsp3) is 0.176. The molecule has 3 aromatic heterocycles. The van der Waals surface area contributed by atoms with Gasteiger partial charge in [0.2, 0.25) is 0 Å². The Bertz CT molecular complexity index is 825. The Kier molecular flexibility index (Phi) is 5.64. The van der Waals surface area contributed by atoms with Crippen LogP contribution in [0.1, 0.15) is 26.5 Å². The van der Waals surface area contributed by atoms with Crippen LogP contribution >= 0.6 is 22.7 Å². The molecule has 0 saturated carbocycles. The van der Waals surface area contributed by atoms with Crippen LogP contribution in [0.15, 0.2) is 52.5 Å². The van der Waals surface area contributed by atoms with E-state index in [1.54, 1.807) is 12.1 Å². The van der Waals surface area contributed by atoms with E-state index in [-0.39, 0.29) is 13.1 Å². The van der Waals surface area contributed by atoms with Crippen molar-refractivity contribution < 1.29 is 19.1 Å². The third-order valence-electron chi connectivity index (χ3n) is 3.40. The molecular formula is C17H16N2O4S2. The third-order valence-corrected chi connectivity index (χ3v) is 5.46. The zero-order valence-corrected chi connectivity index (χ0v) is 14.7. The van der Waals surface area contributed by atoms with Crippen molar-refractivity contribution in [1.82, 2.24) is 10.6 Å². The first-order chi connectivity index (χ1) is 12.1. The molecule has 130 valence electrons. The van der Waals surface area contributed by atoms with E-state index in [1.165, 1.54) is 28.9 Å². The van der Waals surface area contributed by atoms with Crippen LogP contribution in [0.3, 0.4) is 0 Å². The molecule has 0 bridgehead atoms. The SMILES string of the molecule is O=C(NCc1ccco1)C(=O)NCc1ccc(C(O)c2cccs2)s1. The maximum absolute atomic E-state index is 11.8. The van der Waals surface area contributed by atoms with Crippen LogP contribution in [0.5, 0.6) is 0 Å². The summed E-state index contributed by atoms with van der Waals surface area (Å²) in [5, 5.41) is 17.2. The monoisotopic (exact) mass is 376 g/mol. The normalized spacial score (nSPS) is 11.9. The van der Waals surface area contributed by atoms with Gasteiger partial charge in [-0.25, -0.2) is 0 Å². The molecular weight excluding hydrogens is 360 g/mol. The van der Waals surface area contributed by atoms with E-state index < -0.39 is 17.9 Å². The Morgan fingerprint density at radius 2 is 1.84 bits per heavy atom. The molecule has 3 heterocycles. The molecule has 0 radical (unpaired) electrons. The number of furan rings is 1. The number of hydrogen-bond acceptors (Lipinski definition) is 6. The third kappa shape index (κ3) is 4.56. The zero-order valence-electron chi connectivity index (χ0n) is 13.1. The fourth-order valence-corrected chi connectivity index (χ4v) is 3.89. The van der Waals surface area contributed by atoms with E-state index in [0.717, 1.165) is 14.6 Å². The lowest BCUT2D eigenvalue weighted by atomic mass is 10.2. The number of thiophene rings is 2. The molecule has 2 amide bonds. The molecule has 6 nitrogen and oxygen atoms in total. The van der Waals surface area contributed by atoms with E-state index in [1.807, 2.05) is 29.6 Å². The maximum atomic E-state index is 11.8. The molecule has 0 aliphatic rings. The molecule has 3 aromatic rings. The summed E-state index contributed by atoms with van der Waals surface area (Å²) in [6.07, 6.45) is 0.839. The molecule has 25 heavy (non-hydrogen) atoms. The minimum atomic E-state index is -0.716. The van der Waals surface area contributed by atoms with Gasteiger partial charge in [0.25, 0.3) is 0 Å². The van der Waals surface area contributed by atoms with Gasteiger partial charge < -0.3 is 20.2 Å². The second-order valence-electron chi connectivity index (χ2n) is 5.17. The topological polar surface area (TPSA) is 91.6 Å². The smallest absolute Gasteiger partial charge is 0.309 e. The van der Waals surface area contributed by atoms with Gasteiger partial charge in [-0.05, 0) is 35.7 Å². The summed E-state index contributed by atoms with van der Waals surface area (Å²) in [5.41, 5.74) is 0. The second kappa shape index (κ2) is 8.11. The molecule has 0 fully saturated rings. The van der Waals surface area contributed by atoms with Crippen molar-refractivity contribution in [2.75, 3.05) is 0 Å². The highest BCUT2D eigenvalue weighted by Gasteiger charge is 2.16. The Labute approximate surface area is 152 Å². The van der Waals surface area contributed by atoms with Crippen LogP contribution in [-0.4, -0.2) is 16.9 Å². The van der Waals surface area contributed by atoms with Gasteiger partial charge in [0.15, 0.2) is 0 Å². The van der Waals surface area contributed by atoms with Crippen molar-refractivity contribution in [2.24, 2.45) is 0 Å². The molecule has 0 aliphatic carbocycles. The van der Waals surface area contributed by atoms with Crippen LogP contribution in [-0.2, 0) is 22.7 Å². The summed E-state index contributed by atoms with van der Waals surface area (Å²) in [7, 11) is 0. The molecule has 3 rings (SSSR count). The number of aliphatic hydroxyl groups is 1. The van der Waals surface area contributed by atoms with E-state index >= 15 is 0 Å². The Morgan fingerprint density at radius 1 is 1.04 bits per heavy atom. The van der Waals surface area contributed by atoms with Gasteiger partial charge in [-0.3, -0.25) is 9.59 Å². The minimum Gasteiger partial charge on any atom is -0.467 e. The molecule has 0 aliphatic heterocycles. The van der Waals surface area contributed by atoms with Gasteiger partial charge in [-0.1, -0.05) is 6.07 Å². The summed E-state index contributed by atoms with van der Waals surface area (Å²) < 4.78 is 5.08. The molecule has 0 saturated heterocycles. The van der Waals surface area contributed by atoms with Crippen molar-refractivity contribution in [3.8, 4) is 0 Å². The van der Waals surface area contributed by atoms with Crippen LogP contribution in [0.2, 0.25) is 0 Å². The molecule has 1 unspecified atom stereocenters. The molecule has 3 N–H and O–H groups in total. The van der Waals surface area contributed by atoms with Gasteiger partial charge in [0.05, 0.1) is 19.4 Å². The number of rotatable bonds is 6. The van der Waals surface area contributed by atoms with Crippen molar-refractivity contribution in [1.29, 1.82) is 0 Å². The van der Waals surface area contributed by atoms with Crippen molar-refractivity contribution in [2.45, 2.75) is 19.2 Å². The first-order valence-electron chi connectivity index (χ1n) is 7.52. The highest BCUT2D eigenvalue weighted by Crippen LogP contribution is 2.30. The largest absolute Gasteiger partial charge is 0.467 e. The number of amides is 2. The molecule has 0 aromatic carbocycles. The summed E-state index contributed by atoms with van der Waals surface area (Å²) in [6, 6.07) is 10.8. The summed E-state index contributed by atoms with van der Waals surface area (Å²) >= 11 is 2.89. The Morgan fingerprint density at radius 3 is 2.52 bits per heavy atom. The van der Waals surface area contributed by atoms with Crippen molar-refractivity contribution >= 4 is 34.5 Å². The van der Waals surface area contributed by atoms with Crippen LogP contribution in [0.25, 0.3) is 0 Å². The molecule has 0 spiro atoms. The average Bonchev–Trinajstić information content (AvgIpc) is 3.39. The Balaban J connectivity index is 1.48. The highest BCUT2D eigenvalue weighted by molar-refractivity contribution is 7.12. The second-order valence-corrected chi connectivity index (χ2v) is 7.35. The van der Waals surface area contributed by atoms with Crippen molar-refractivity contribution in [3.05, 3.63) is 68.4 Å². The van der Waals surface area contributed by atoms with E-state index in [2.05, 4.69) is 10.6 Å². The predicted octanol–water partition coefficient (Wildman–Crippen LogP) is 2.42. The van der Waals surface area contributed by atoms with Crippen LogP contribution in [0, 0.1) is 0 Å². The van der Waals surface area contributed by atoms with Crippen LogP contribution < -0.4 is 10.6 Å². The first kappa shape index (κ1) is 17.4. The molecule has 8 heteroatoms. The summed E-state index contributed by atoms with van der Waals surface area (Å²) in [4.78, 5) is 26.1.